The topological polar surface area (TPSA) is 158 Å². The van der Waals surface area contributed by atoms with Crippen LogP contribution in [0.4, 0.5) is 5.69 Å². The molecule has 0 radical (unpaired) electrons. The number of nitrogens with two attached hydrogens (primary N) is 1. The highest BCUT2D eigenvalue weighted by Crippen LogP contribution is 2.34. The second-order valence-electron chi connectivity index (χ2n) is 7.21. The minimum absolute atomic E-state index is 0.000289. The van der Waals surface area contributed by atoms with Crippen molar-refractivity contribution < 1.29 is 19.2 Å². The van der Waals surface area contributed by atoms with Crippen molar-refractivity contribution in [2.24, 2.45) is 5.73 Å². The minimum Gasteiger partial charge on any atom is -0.460 e. The van der Waals surface area contributed by atoms with Crippen LogP contribution in [0.2, 0.25) is 0 Å². The van der Waals surface area contributed by atoms with Gasteiger partial charge in [0.1, 0.15) is 17.3 Å². The summed E-state index contributed by atoms with van der Waals surface area (Å²) in [5.41, 5.74) is 6.09. The number of carbonyl (C=O) groups excluding carboxylic acids is 2. The number of esters is 1. The van der Waals surface area contributed by atoms with Crippen molar-refractivity contribution in [3.63, 3.8) is 0 Å². The van der Waals surface area contributed by atoms with Gasteiger partial charge in [-0.05, 0) is 36.5 Å². The SMILES string of the molecule is NC(=O)c1cc(COC(=O)CSCc2nc3sc4c(c3c(=O)[nH]2)CCC4)cc([N+](=O)[O-])c1. The number of aromatic amines is 1. The average molecular weight is 475 g/mol. The Morgan fingerprint density at radius 3 is 2.88 bits per heavy atom. The van der Waals surface area contributed by atoms with Crippen molar-refractivity contribution in [3.05, 3.63) is 66.1 Å². The molecule has 0 aliphatic heterocycles. The van der Waals surface area contributed by atoms with Crippen LogP contribution >= 0.6 is 23.1 Å². The van der Waals surface area contributed by atoms with Gasteiger partial charge in [-0.25, -0.2) is 4.98 Å². The van der Waals surface area contributed by atoms with E-state index in [4.69, 9.17) is 10.5 Å². The van der Waals surface area contributed by atoms with Crippen molar-refractivity contribution in [2.75, 3.05) is 5.75 Å². The monoisotopic (exact) mass is 474 g/mol. The summed E-state index contributed by atoms with van der Waals surface area (Å²) in [5, 5.41) is 11.7. The molecule has 0 bridgehead atoms. The van der Waals surface area contributed by atoms with Crippen molar-refractivity contribution in [3.8, 4) is 0 Å². The van der Waals surface area contributed by atoms with Crippen LogP contribution in [0.3, 0.4) is 0 Å². The standard InChI is InChI=1S/C20H18N4O6S2/c21-18(26)11-4-10(5-12(6-11)24(28)29)7-30-16(25)9-31-8-15-22-19(27)17-13-2-1-3-14(13)32-20(17)23-15/h4-6H,1-3,7-9H2,(H2,21,26)(H,22,23,27). The van der Waals surface area contributed by atoms with Gasteiger partial charge >= 0.3 is 5.97 Å². The van der Waals surface area contributed by atoms with E-state index >= 15 is 0 Å². The second-order valence-corrected chi connectivity index (χ2v) is 9.28. The van der Waals surface area contributed by atoms with Crippen molar-refractivity contribution in [2.45, 2.75) is 31.6 Å². The first-order valence-corrected chi connectivity index (χ1v) is 11.6. The van der Waals surface area contributed by atoms with Crippen molar-refractivity contribution in [1.82, 2.24) is 9.97 Å². The highest BCUT2D eigenvalue weighted by atomic mass is 32.2. The van der Waals surface area contributed by atoms with Gasteiger partial charge in [0.2, 0.25) is 5.91 Å². The largest absolute Gasteiger partial charge is 0.460 e. The Kier molecular flexibility index (Phi) is 6.24. The first kappa shape index (κ1) is 22.0. The molecule has 12 heteroatoms. The number of nitrogens with one attached hydrogen (secondary N) is 1. The molecular weight excluding hydrogens is 456 g/mol. The number of hydrogen-bond acceptors (Lipinski definition) is 9. The molecule has 1 aliphatic rings. The fourth-order valence-corrected chi connectivity index (χ4v) is 5.52. The lowest BCUT2D eigenvalue weighted by molar-refractivity contribution is -0.385. The van der Waals surface area contributed by atoms with Gasteiger partial charge in [0.05, 0.1) is 21.8 Å². The molecule has 0 spiro atoms. The summed E-state index contributed by atoms with van der Waals surface area (Å²) in [5.74, 6) is -0.539. The van der Waals surface area contributed by atoms with E-state index in [-0.39, 0.29) is 34.7 Å². The normalized spacial score (nSPS) is 12.6. The summed E-state index contributed by atoms with van der Waals surface area (Å²) in [4.78, 5) is 55.5. The second kappa shape index (κ2) is 9.09. The van der Waals surface area contributed by atoms with E-state index in [1.54, 1.807) is 11.3 Å². The van der Waals surface area contributed by atoms with Crippen LogP contribution in [0.15, 0.2) is 23.0 Å². The van der Waals surface area contributed by atoms with E-state index in [0.717, 1.165) is 35.7 Å². The van der Waals surface area contributed by atoms with Crippen molar-refractivity contribution >= 4 is 50.9 Å². The van der Waals surface area contributed by atoms with E-state index < -0.39 is 16.8 Å². The molecule has 10 nitrogen and oxygen atoms in total. The molecule has 0 saturated carbocycles. The van der Waals surface area contributed by atoms with E-state index in [1.165, 1.54) is 28.8 Å². The predicted molar refractivity (Wildman–Crippen MR) is 120 cm³/mol. The summed E-state index contributed by atoms with van der Waals surface area (Å²) in [6.45, 7) is -0.233. The Bertz CT molecular complexity index is 1270. The maximum absolute atomic E-state index is 12.5. The molecule has 2 aromatic heterocycles. The van der Waals surface area contributed by atoms with E-state index in [2.05, 4.69) is 9.97 Å². The quantitative estimate of drug-likeness (QED) is 0.286. The van der Waals surface area contributed by atoms with Gasteiger partial charge in [0.15, 0.2) is 0 Å². The van der Waals surface area contributed by atoms with Crippen LogP contribution in [0.1, 0.15) is 38.6 Å². The Hall–Kier alpha value is -3.25. The fourth-order valence-electron chi connectivity index (χ4n) is 3.56. The molecule has 1 amide bonds. The van der Waals surface area contributed by atoms with E-state index in [1.807, 2.05) is 0 Å². The molecular formula is C20H18N4O6S2. The number of benzene rings is 1. The Morgan fingerprint density at radius 1 is 1.31 bits per heavy atom. The molecule has 1 aliphatic carbocycles. The van der Waals surface area contributed by atoms with Crippen LogP contribution in [0.25, 0.3) is 10.2 Å². The molecule has 2 heterocycles. The van der Waals surface area contributed by atoms with Gasteiger partial charge in [0.25, 0.3) is 11.2 Å². The van der Waals surface area contributed by atoms with Crippen LogP contribution in [-0.4, -0.2) is 32.5 Å². The van der Waals surface area contributed by atoms with Gasteiger partial charge in [-0.15, -0.1) is 23.1 Å². The highest BCUT2D eigenvalue weighted by molar-refractivity contribution is 7.99. The summed E-state index contributed by atoms with van der Waals surface area (Å²) in [7, 11) is 0. The third-order valence-electron chi connectivity index (χ3n) is 4.96. The summed E-state index contributed by atoms with van der Waals surface area (Å²) < 4.78 is 5.15. The number of carbonyl (C=O) groups is 2. The number of amides is 1. The first-order chi connectivity index (χ1) is 15.3. The lowest BCUT2D eigenvalue weighted by atomic mass is 10.1. The molecule has 0 saturated heterocycles. The third kappa shape index (κ3) is 4.65. The minimum atomic E-state index is -0.814. The highest BCUT2D eigenvalue weighted by Gasteiger charge is 2.21. The lowest BCUT2D eigenvalue weighted by Crippen LogP contribution is -2.13. The summed E-state index contributed by atoms with van der Waals surface area (Å²) in [6.07, 6.45) is 2.96. The number of aromatic nitrogens is 2. The molecule has 3 aromatic rings. The van der Waals surface area contributed by atoms with E-state index in [9.17, 15) is 24.5 Å². The number of nitro benzene ring substituents is 1. The number of nitro groups is 1. The van der Waals surface area contributed by atoms with Crippen molar-refractivity contribution in [1.29, 1.82) is 0 Å². The van der Waals surface area contributed by atoms with Gasteiger partial charge in [-0.2, -0.15) is 0 Å². The molecule has 0 unspecified atom stereocenters. The van der Waals surface area contributed by atoms with Gasteiger partial charge in [-0.1, -0.05) is 0 Å². The maximum Gasteiger partial charge on any atom is 0.316 e. The number of hydrogen-bond donors (Lipinski definition) is 2. The van der Waals surface area contributed by atoms with Gasteiger partial charge in [-0.3, -0.25) is 24.5 Å². The van der Waals surface area contributed by atoms with Crippen LogP contribution < -0.4 is 11.3 Å². The fraction of sp³-hybridized carbons (Fsp3) is 0.300. The smallest absolute Gasteiger partial charge is 0.316 e. The molecule has 0 fully saturated rings. The molecule has 4 rings (SSSR count). The summed E-state index contributed by atoms with van der Waals surface area (Å²) in [6, 6.07) is 3.63. The molecule has 32 heavy (non-hydrogen) atoms. The number of rotatable bonds is 8. The van der Waals surface area contributed by atoms with E-state index in [0.29, 0.717) is 17.0 Å². The van der Waals surface area contributed by atoms with Crippen LogP contribution in [0.5, 0.6) is 0 Å². The van der Waals surface area contributed by atoms with Crippen LogP contribution in [0, 0.1) is 10.1 Å². The zero-order chi connectivity index (χ0) is 22.8. The zero-order valence-electron chi connectivity index (χ0n) is 16.7. The number of non-ortho nitro benzene ring substituents is 1. The molecule has 1 aromatic carbocycles. The number of thiophene rings is 1. The number of aryl methyl sites for hydroxylation is 2. The number of H-pyrrole nitrogens is 1. The third-order valence-corrected chi connectivity index (χ3v) is 7.06. The molecule has 3 N–H and O–H groups in total. The number of fused-ring (bicyclic) bond motifs is 3. The first-order valence-electron chi connectivity index (χ1n) is 9.67. The average Bonchev–Trinajstić information content (AvgIpc) is 3.33. The Morgan fingerprint density at radius 2 is 2.12 bits per heavy atom. The van der Waals surface area contributed by atoms with Gasteiger partial charge in [0, 0.05) is 22.6 Å². The summed E-state index contributed by atoms with van der Waals surface area (Å²) >= 11 is 2.78. The lowest BCUT2D eigenvalue weighted by Gasteiger charge is -2.06. The Balaban J connectivity index is 1.34. The maximum atomic E-state index is 12.5. The number of thioether (sulfide) groups is 1. The number of ether oxygens (including phenoxy) is 1. The predicted octanol–water partition coefficient (Wildman–Crippen LogP) is 2.46. The number of primary amides is 1. The van der Waals surface area contributed by atoms with Gasteiger partial charge < -0.3 is 15.5 Å². The molecule has 166 valence electrons. The van der Waals surface area contributed by atoms with Crippen LogP contribution in [-0.2, 0) is 34.7 Å². The molecule has 0 atom stereocenters. The Labute approximate surface area is 189 Å². The number of nitrogens with zero attached hydrogens (tertiary/aromatic N) is 2. The zero-order valence-corrected chi connectivity index (χ0v) is 18.3.